The van der Waals surface area contributed by atoms with Crippen LogP contribution in [0.15, 0.2) is 35.4 Å². The van der Waals surface area contributed by atoms with Gasteiger partial charge >= 0.3 is 0 Å². The van der Waals surface area contributed by atoms with Crippen LogP contribution < -0.4 is 10.6 Å². The number of carbonyl (C=O) groups excluding carboxylic acids is 4. The lowest BCUT2D eigenvalue weighted by Gasteiger charge is -2.23. The Bertz CT molecular complexity index is 1580. The van der Waals surface area contributed by atoms with Crippen LogP contribution in [0.4, 0.5) is 11.6 Å². The molecule has 8 rings (SSSR count). The molecule has 2 aliphatic carbocycles. The third kappa shape index (κ3) is 5.07. The van der Waals surface area contributed by atoms with Gasteiger partial charge in [0.1, 0.15) is 58.5 Å². The average molecular weight is 611 g/mol. The minimum atomic E-state index is -0.194. The molecule has 0 saturated carbocycles. The van der Waals surface area contributed by atoms with Crippen LogP contribution in [0.3, 0.4) is 0 Å². The lowest BCUT2D eigenvalue weighted by Crippen LogP contribution is -2.31. The summed E-state index contributed by atoms with van der Waals surface area (Å²) in [5, 5.41) is 6.56. The van der Waals surface area contributed by atoms with Crippen molar-refractivity contribution in [1.82, 2.24) is 39.5 Å². The minimum absolute atomic E-state index is 0.172. The zero-order chi connectivity index (χ0) is 30.7. The second-order valence-electron chi connectivity index (χ2n) is 12.2. The number of allylic oxidation sites excluding steroid dienone is 4. The van der Waals surface area contributed by atoms with Crippen molar-refractivity contribution in [2.45, 2.75) is 32.1 Å². The van der Waals surface area contributed by atoms with E-state index in [1.807, 2.05) is 19.6 Å². The van der Waals surface area contributed by atoms with E-state index in [1.165, 1.54) is 12.7 Å². The Morgan fingerprint density at radius 1 is 0.467 bits per heavy atom. The second kappa shape index (κ2) is 10.9. The standard InChI is InChI=1S/C31H34N10O4/c42-26-18-20(28(44)24(40-12-13-40)22(26)38-8-9-38)34-16-36-30(18)32-6-4-2-1-3-5-7-33-31-19-21(35-17-37-31)29(45)25(41-14-15-41)23(27(19)43)39-10-11-39/h16-17H,1-15H2,(H,32,34,36)(H,33,35,37). The van der Waals surface area contributed by atoms with E-state index in [1.54, 1.807) is 0 Å². The first-order valence-electron chi connectivity index (χ1n) is 15.9. The van der Waals surface area contributed by atoms with Crippen molar-refractivity contribution in [3.8, 4) is 0 Å². The molecule has 0 radical (unpaired) electrons. The number of carbonyl (C=O) groups is 4. The number of hydrogen-bond donors (Lipinski definition) is 2. The van der Waals surface area contributed by atoms with Crippen LogP contribution in [0, 0.1) is 0 Å². The summed E-state index contributed by atoms with van der Waals surface area (Å²) < 4.78 is 0. The van der Waals surface area contributed by atoms with Crippen molar-refractivity contribution in [3.63, 3.8) is 0 Å². The monoisotopic (exact) mass is 610 g/mol. The third-order valence-corrected chi connectivity index (χ3v) is 8.88. The van der Waals surface area contributed by atoms with E-state index >= 15 is 0 Å². The first kappa shape index (κ1) is 27.7. The van der Waals surface area contributed by atoms with E-state index < -0.39 is 0 Å². The van der Waals surface area contributed by atoms with Crippen LogP contribution in [0.25, 0.3) is 0 Å². The van der Waals surface area contributed by atoms with Crippen LogP contribution in [0.2, 0.25) is 0 Å². The van der Waals surface area contributed by atoms with Crippen LogP contribution >= 0.6 is 0 Å². The molecule has 14 heteroatoms. The number of rotatable bonds is 14. The highest BCUT2D eigenvalue weighted by Gasteiger charge is 2.46. The van der Waals surface area contributed by atoms with Crippen LogP contribution in [-0.2, 0) is 0 Å². The Labute approximate surface area is 259 Å². The van der Waals surface area contributed by atoms with Crippen molar-refractivity contribution in [1.29, 1.82) is 0 Å². The van der Waals surface area contributed by atoms with Gasteiger partial charge in [0.15, 0.2) is 0 Å². The number of Topliss-reactive ketones (excluding diaryl/α,β-unsaturated/α-hetero) is 4. The van der Waals surface area contributed by atoms with Crippen molar-refractivity contribution in [2.24, 2.45) is 0 Å². The number of fused-ring (bicyclic) bond motifs is 2. The Hall–Kier alpha value is -4.88. The fourth-order valence-electron chi connectivity index (χ4n) is 6.17. The summed E-state index contributed by atoms with van der Waals surface area (Å²) in [6, 6.07) is 0. The fourth-order valence-corrected chi connectivity index (χ4v) is 6.17. The number of hydrogen-bond acceptors (Lipinski definition) is 14. The molecule has 6 aliphatic rings. The summed E-state index contributed by atoms with van der Waals surface area (Å²) >= 11 is 0. The van der Waals surface area contributed by atoms with Gasteiger partial charge in [0.05, 0.1) is 11.1 Å². The van der Waals surface area contributed by atoms with Gasteiger partial charge in [-0.1, -0.05) is 19.3 Å². The van der Waals surface area contributed by atoms with Gasteiger partial charge in [-0.3, -0.25) is 19.2 Å². The summed E-state index contributed by atoms with van der Waals surface area (Å²) in [6.45, 7) is 7.51. The maximum Gasteiger partial charge on any atom is 0.230 e. The van der Waals surface area contributed by atoms with E-state index in [9.17, 15) is 19.2 Å². The molecule has 0 bridgehead atoms. The smallest absolute Gasteiger partial charge is 0.230 e. The number of nitrogens with one attached hydrogen (secondary N) is 2. The van der Waals surface area contributed by atoms with Gasteiger partial charge in [-0.15, -0.1) is 0 Å². The summed E-state index contributed by atoms with van der Waals surface area (Å²) in [4.78, 5) is 78.3. The molecule has 2 N–H and O–H groups in total. The van der Waals surface area contributed by atoms with Gasteiger partial charge < -0.3 is 30.2 Å². The van der Waals surface area contributed by atoms with Crippen molar-refractivity contribution in [2.75, 3.05) is 76.1 Å². The normalized spacial score (nSPS) is 19.7. The number of nitrogens with zero attached hydrogens (tertiary/aromatic N) is 8. The molecule has 0 aromatic carbocycles. The molecule has 45 heavy (non-hydrogen) atoms. The SMILES string of the molecule is O=C1C(N2CC2)=C(N2CC2)C(=O)c2c(NCCCCCCCNc3ncnc4c3C(=O)C(N3CC3)=C(N3CC3)C4=O)ncnc21. The predicted molar refractivity (Wildman–Crippen MR) is 162 cm³/mol. The van der Waals surface area contributed by atoms with Gasteiger partial charge in [-0.2, -0.15) is 0 Å². The van der Waals surface area contributed by atoms with Crippen LogP contribution in [0.5, 0.6) is 0 Å². The quantitative estimate of drug-likeness (QED) is 0.232. The molecule has 0 spiro atoms. The number of unbranched alkanes of at least 4 members (excludes halogenated alkanes) is 4. The molecule has 14 nitrogen and oxygen atoms in total. The molecule has 0 unspecified atom stereocenters. The molecule has 4 aliphatic heterocycles. The lowest BCUT2D eigenvalue weighted by atomic mass is 9.94. The van der Waals surface area contributed by atoms with Gasteiger partial charge in [-0.25, -0.2) is 19.9 Å². The topological polar surface area (TPSA) is 156 Å². The van der Waals surface area contributed by atoms with Crippen molar-refractivity contribution >= 4 is 34.8 Å². The summed E-state index contributed by atoms with van der Waals surface area (Å²) in [5.74, 6) is 0.111. The molecule has 6 heterocycles. The number of aromatic nitrogens is 4. The van der Waals surface area contributed by atoms with Gasteiger partial charge in [-0.05, 0) is 12.8 Å². The van der Waals surface area contributed by atoms with E-state index in [-0.39, 0.29) is 45.6 Å². The molecular formula is C31H34N10O4. The van der Waals surface area contributed by atoms with E-state index in [2.05, 4.69) is 30.6 Å². The van der Waals surface area contributed by atoms with Gasteiger partial charge in [0, 0.05) is 65.4 Å². The average Bonchev–Trinajstić information content (AvgIpc) is 3.86. The van der Waals surface area contributed by atoms with E-state index in [0.717, 1.165) is 84.5 Å². The largest absolute Gasteiger partial charge is 0.369 e. The molecule has 232 valence electrons. The Morgan fingerprint density at radius 2 is 0.800 bits per heavy atom. The van der Waals surface area contributed by atoms with Crippen molar-refractivity contribution in [3.05, 3.63) is 58.0 Å². The first-order valence-corrected chi connectivity index (χ1v) is 15.9. The first-order chi connectivity index (χ1) is 22.0. The molecule has 2 aromatic heterocycles. The molecule has 0 atom stereocenters. The van der Waals surface area contributed by atoms with Crippen molar-refractivity contribution < 1.29 is 19.2 Å². The summed E-state index contributed by atoms with van der Waals surface area (Å²) in [5.41, 5.74) is 2.91. The number of anilines is 2. The van der Waals surface area contributed by atoms with Crippen LogP contribution in [-0.4, -0.2) is 128 Å². The van der Waals surface area contributed by atoms with E-state index in [4.69, 9.17) is 0 Å². The second-order valence-corrected chi connectivity index (χ2v) is 12.2. The maximum absolute atomic E-state index is 13.5. The van der Waals surface area contributed by atoms with Gasteiger partial charge in [0.2, 0.25) is 23.1 Å². The lowest BCUT2D eigenvalue weighted by molar-refractivity contribution is 0.0942. The van der Waals surface area contributed by atoms with E-state index in [0.29, 0.717) is 47.5 Å². The molecule has 0 amide bonds. The summed E-state index contributed by atoms with van der Waals surface area (Å²) in [6.07, 6.45) is 7.42. The fraction of sp³-hybridized carbons (Fsp3) is 0.484. The molecule has 4 saturated heterocycles. The highest BCUT2D eigenvalue weighted by atomic mass is 16.2. The Morgan fingerprint density at radius 3 is 1.16 bits per heavy atom. The van der Waals surface area contributed by atoms with Crippen LogP contribution in [0.1, 0.15) is 73.8 Å². The predicted octanol–water partition coefficient (Wildman–Crippen LogP) is 1.18. The van der Waals surface area contributed by atoms with Gasteiger partial charge in [0.25, 0.3) is 0 Å². The zero-order valence-electron chi connectivity index (χ0n) is 25.0. The minimum Gasteiger partial charge on any atom is -0.369 e. The highest BCUT2D eigenvalue weighted by molar-refractivity contribution is 6.28. The molecular weight excluding hydrogens is 576 g/mol. The summed E-state index contributed by atoms with van der Waals surface area (Å²) in [7, 11) is 0. The number of ketones is 4. The molecule has 2 aromatic rings. The Balaban J connectivity index is 0.817. The highest BCUT2D eigenvalue weighted by Crippen LogP contribution is 2.38. The maximum atomic E-state index is 13.5. The Kier molecular flexibility index (Phi) is 6.72. The third-order valence-electron chi connectivity index (χ3n) is 8.88. The molecule has 4 fully saturated rings. The zero-order valence-corrected chi connectivity index (χ0v) is 25.0.